The van der Waals surface area contributed by atoms with Gasteiger partial charge in [0.1, 0.15) is 0 Å². The molecule has 2 aromatic carbocycles. The molecule has 0 aliphatic heterocycles. The van der Waals surface area contributed by atoms with Crippen LogP contribution >= 0.6 is 0 Å². The minimum Gasteiger partial charge on any atom is -0.289 e. The van der Waals surface area contributed by atoms with Gasteiger partial charge in [0.05, 0.1) is 0 Å². The highest BCUT2D eigenvalue weighted by Gasteiger charge is 2.36. The van der Waals surface area contributed by atoms with Crippen molar-refractivity contribution in [1.29, 1.82) is 0 Å². The van der Waals surface area contributed by atoms with E-state index in [4.69, 9.17) is 0 Å². The van der Waals surface area contributed by atoms with Crippen molar-refractivity contribution < 1.29 is 9.59 Å². The topological polar surface area (TPSA) is 34.1 Å². The zero-order chi connectivity index (χ0) is 19.5. The molecule has 28 heavy (non-hydrogen) atoms. The number of hydrogen-bond acceptors (Lipinski definition) is 2. The van der Waals surface area contributed by atoms with Crippen LogP contribution in [-0.4, -0.2) is 11.6 Å². The van der Waals surface area contributed by atoms with E-state index in [1.807, 2.05) is 48.5 Å². The second-order valence-corrected chi connectivity index (χ2v) is 7.46. The molecule has 0 radical (unpaired) electrons. The van der Waals surface area contributed by atoms with Crippen LogP contribution in [0.1, 0.15) is 58.9 Å². The Kier molecular flexibility index (Phi) is 5.21. The molecule has 0 fully saturated rings. The van der Waals surface area contributed by atoms with Crippen molar-refractivity contribution in [2.45, 2.75) is 32.6 Å². The number of hydrogen-bond donors (Lipinski definition) is 0. The van der Waals surface area contributed by atoms with Gasteiger partial charge in [-0.2, -0.15) is 0 Å². The summed E-state index contributed by atoms with van der Waals surface area (Å²) in [7, 11) is 0. The molecule has 0 saturated heterocycles. The Morgan fingerprint density at radius 2 is 1.54 bits per heavy atom. The maximum absolute atomic E-state index is 13.4. The molecule has 4 rings (SSSR count). The molecule has 1 unspecified atom stereocenters. The van der Waals surface area contributed by atoms with E-state index in [1.54, 1.807) is 12.1 Å². The SMILES string of the molecule is CCCCCC1C=CC2=C(C(=O)c3ccccc3C2=O)C1=Cc1ccccc1. The molecular formula is C26H24O2. The van der Waals surface area contributed by atoms with E-state index in [9.17, 15) is 9.59 Å². The van der Waals surface area contributed by atoms with E-state index >= 15 is 0 Å². The summed E-state index contributed by atoms with van der Waals surface area (Å²) in [5, 5.41) is 0. The van der Waals surface area contributed by atoms with Crippen molar-refractivity contribution >= 4 is 17.6 Å². The number of unbranched alkanes of at least 4 members (excludes halogenated alkanes) is 2. The Balaban J connectivity index is 1.82. The summed E-state index contributed by atoms with van der Waals surface area (Å²) in [6.45, 7) is 2.19. The second kappa shape index (κ2) is 7.93. The normalized spacial score (nSPS) is 19.8. The minimum atomic E-state index is -0.0487. The highest BCUT2D eigenvalue weighted by molar-refractivity contribution is 6.30. The number of carbonyl (C=O) groups excluding carboxylic acids is 2. The first-order chi connectivity index (χ1) is 13.7. The average Bonchev–Trinajstić information content (AvgIpc) is 2.74. The highest BCUT2D eigenvalue weighted by atomic mass is 16.1. The summed E-state index contributed by atoms with van der Waals surface area (Å²) in [4.78, 5) is 26.5. The summed E-state index contributed by atoms with van der Waals surface area (Å²) in [6.07, 6.45) is 10.5. The molecule has 0 N–H and O–H groups in total. The molecule has 2 nitrogen and oxygen atoms in total. The molecule has 0 spiro atoms. The van der Waals surface area contributed by atoms with E-state index in [-0.39, 0.29) is 17.5 Å². The fraction of sp³-hybridized carbons (Fsp3) is 0.231. The molecule has 0 amide bonds. The first-order valence-corrected chi connectivity index (χ1v) is 10.1. The maximum Gasteiger partial charge on any atom is 0.194 e. The third-order valence-electron chi connectivity index (χ3n) is 5.58. The van der Waals surface area contributed by atoms with Gasteiger partial charge in [-0.25, -0.2) is 0 Å². The van der Waals surface area contributed by atoms with Gasteiger partial charge < -0.3 is 0 Å². The molecule has 0 bridgehead atoms. The van der Waals surface area contributed by atoms with Gasteiger partial charge in [0.2, 0.25) is 0 Å². The average molecular weight is 368 g/mol. The number of Topliss-reactive ketones (excluding diaryl/α,β-unsaturated/α-hetero) is 2. The highest BCUT2D eigenvalue weighted by Crippen LogP contribution is 2.40. The fourth-order valence-corrected chi connectivity index (χ4v) is 4.12. The van der Waals surface area contributed by atoms with Crippen molar-refractivity contribution in [3.63, 3.8) is 0 Å². The molecule has 0 heterocycles. The lowest BCUT2D eigenvalue weighted by Gasteiger charge is -2.29. The van der Waals surface area contributed by atoms with Gasteiger partial charge in [0.25, 0.3) is 0 Å². The first kappa shape index (κ1) is 18.4. The number of benzene rings is 2. The van der Waals surface area contributed by atoms with E-state index in [2.05, 4.69) is 19.1 Å². The minimum absolute atomic E-state index is 0.0303. The van der Waals surface area contributed by atoms with Crippen molar-refractivity contribution in [3.8, 4) is 0 Å². The Morgan fingerprint density at radius 3 is 2.25 bits per heavy atom. The van der Waals surface area contributed by atoms with Gasteiger partial charge in [-0.15, -0.1) is 0 Å². The molecule has 140 valence electrons. The second-order valence-electron chi connectivity index (χ2n) is 7.46. The van der Waals surface area contributed by atoms with Crippen molar-refractivity contribution in [2.75, 3.05) is 0 Å². The van der Waals surface area contributed by atoms with E-state index in [1.165, 1.54) is 6.42 Å². The molecule has 2 aliphatic rings. The number of ketones is 2. The van der Waals surface area contributed by atoms with Crippen LogP contribution in [0, 0.1) is 5.92 Å². The van der Waals surface area contributed by atoms with Crippen LogP contribution in [0.4, 0.5) is 0 Å². The smallest absolute Gasteiger partial charge is 0.194 e. The third kappa shape index (κ3) is 3.31. The lowest BCUT2D eigenvalue weighted by atomic mass is 9.73. The van der Waals surface area contributed by atoms with Crippen LogP contribution in [0.15, 0.2) is 83.5 Å². The van der Waals surface area contributed by atoms with Crippen molar-refractivity contribution in [2.24, 2.45) is 5.92 Å². The summed E-state index contributed by atoms with van der Waals surface area (Å²) in [5.41, 5.74) is 4.20. The van der Waals surface area contributed by atoms with Gasteiger partial charge in [0, 0.05) is 28.2 Å². The Bertz CT molecular complexity index is 1010. The van der Waals surface area contributed by atoms with Gasteiger partial charge in [-0.05, 0) is 17.6 Å². The van der Waals surface area contributed by atoms with Crippen molar-refractivity contribution in [3.05, 3.63) is 100 Å². The lowest BCUT2D eigenvalue weighted by molar-refractivity contribution is 0.0978. The number of carbonyl (C=O) groups is 2. The van der Waals surface area contributed by atoms with Crippen LogP contribution in [0.5, 0.6) is 0 Å². The van der Waals surface area contributed by atoms with Crippen LogP contribution in [-0.2, 0) is 0 Å². The van der Waals surface area contributed by atoms with Gasteiger partial charge in [-0.3, -0.25) is 9.59 Å². The van der Waals surface area contributed by atoms with Crippen LogP contribution in [0.3, 0.4) is 0 Å². The lowest BCUT2D eigenvalue weighted by Crippen LogP contribution is -2.26. The van der Waals surface area contributed by atoms with E-state index in [0.29, 0.717) is 22.3 Å². The molecular weight excluding hydrogens is 344 g/mol. The monoisotopic (exact) mass is 368 g/mol. The summed E-state index contributed by atoms with van der Waals surface area (Å²) in [6, 6.07) is 17.2. The van der Waals surface area contributed by atoms with Gasteiger partial charge in [0.15, 0.2) is 11.6 Å². The number of rotatable bonds is 5. The quantitative estimate of drug-likeness (QED) is 0.588. The van der Waals surface area contributed by atoms with E-state index < -0.39 is 0 Å². The third-order valence-corrected chi connectivity index (χ3v) is 5.58. The Morgan fingerprint density at radius 1 is 0.857 bits per heavy atom. The van der Waals surface area contributed by atoms with Crippen LogP contribution in [0.25, 0.3) is 6.08 Å². The molecule has 0 aromatic heterocycles. The first-order valence-electron chi connectivity index (χ1n) is 10.1. The zero-order valence-corrected chi connectivity index (χ0v) is 16.2. The standard InChI is InChI=1S/C26H24O2/c1-2-3-5-12-19-15-16-22-24(23(19)17-18-10-6-4-7-11-18)26(28)21-14-9-8-13-20(21)25(22)27/h4,6-11,13-17,19H,2-3,5,12H2,1H3. The predicted octanol–water partition coefficient (Wildman–Crippen LogP) is 6.21. The van der Waals surface area contributed by atoms with Gasteiger partial charge >= 0.3 is 0 Å². The fourth-order valence-electron chi connectivity index (χ4n) is 4.12. The molecule has 2 aromatic rings. The number of fused-ring (bicyclic) bond motifs is 1. The van der Waals surface area contributed by atoms with Crippen molar-refractivity contribution in [1.82, 2.24) is 0 Å². The summed E-state index contributed by atoms with van der Waals surface area (Å²) < 4.78 is 0. The van der Waals surface area contributed by atoms with Crippen LogP contribution < -0.4 is 0 Å². The molecule has 0 saturated carbocycles. The maximum atomic E-state index is 13.4. The largest absolute Gasteiger partial charge is 0.289 e. The number of allylic oxidation sites excluding steroid dienone is 5. The molecule has 2 heteroatoms. The summed E-state index contributed by atoms with van der Waals surface area (Å²) >= 11 is 0. The van der Waals surface area contributed by atoms with Gasteiger partial charge in [-0.1, -0.05) is 99.0 Å². The Hall–Kier alpha value is -3.00. The molecule has 1 atom stereocenters. The summed E-state index contributed by atoms with van der Waals surface area (Å²) in [5.74, 6) is 0.0807. The Labute approximate surface area is 166 Å². The van der Waals surface area contributed by atoms with E-state index in [0.717, 1.165) is 30.4 Å². The predicted molar refractivity (Wildman–Crippen MR) is 113 cm³/mol. The zero-order valence-electron chi connectivity index (χ0n) is 16.2. The van der Waals surface area contributed by atoms with Crippen LogP contribution in [0.2, 0.25) is 0 Å². The molecule has 2 aliphatic carbocycles.